The molecule has 86 valence electrons. The fourth-order valence-corrected chi connectivity index (χ4v) is 4.07. The van der Waals surface area contributed by atoms with Crippen molar-refractivity contribution in [2.45, 2.75) is 50.7 Å². The van der Waals surface area contributed by atoms with Crippen LogP contribution in [0.2, 0.25) is 0 Å². The van der Waals surface area contributed by atoms with Gasteiger partial charge in [0.15, 0.2) is 0 Å². The lowest BCUT2D eigenvalue weighted by molar-refractivity contribution is -0.124. The molecule has 3 heterocycles. The van der Waals surface area contributed by atoms with E-state index < -0.39 is 0 Å². The van der Waals surface area contributed by atoms with E-state index in [1.54, 1.807) is 11.3 Å². The van der Waals surface area contributed by atoms with E-state index in [-0.39, 0.29) is 0 Å². The van der Waals surface area contributed by atoms with Crippen molar-refractivity contribution < 1.29 is 4.79 Å². The Hall–Kier alpha value is -0.670. The molecule has 16 heavy (non-hydrogen) atoms. The molecule has 3 unspecified atom stereocenters. The Bertz CT molecular complexity index is 371. The molecule has 0 amide bonds. The van der Waals surface area contributed by atoms with Crippen LogP contribution in [0.5, 0.6) is 0 Å². The first-order chi connectivity index (χ1) is 7.75. The van der Waals surface area contributed by atoms with Crippen molar-refractivity contribution in [1.29, 1.82) is 0 Å². The molecule has 3 heteroatoms. The maximum absolute atomic E-state index is 11.6. The quantitative estimate of drug-likeness (QED) is 0.785. The summed E-state index contributed by atoms with van der Waals surface area (Å²) in [6.07, 6.45) is 3.99. The van der Waals surface area contributed by atoms with Gasteiger partial charge in [-0.1, -0.05) is 0 Å². The summed E-state index contributed by atoms with van der Waals surface area (Å²) in [6.45, 7) is 2.28. The number of piperidine rings is 1. The molecule has 2 aliphatic heterocycles. The van der Waals surface area contributed by atoms with Crippen LogP contribution in [0, 0.1) is 0 Å². The van der Waals surface area contributed by atoms with E-state index in [0.29, 0.717) is 23.9 Å². The van der Waals surface area contributed by atoms with E-state index >= 15 is 0 Å². The molecule has 0 radical (unpaired) electrons. The lowest BCUT2D eigenvalue weighted by Crippen LogP contribution is -2.44. The molecule has 0 spiro atoms. The molecular weight excluding hydrogens is 218 g/mol. The van der Waals surface area contributed by atoms with Gasteiger partial charge in [-0.3, -0.25) is 9.69 Å². The average molecular weight is 235 g/mol. The maximum Gasteiger partial charge on any atom is 0.136 e. The Morgan fingerprint density at radius 3 is 2.62 bits per heavy atom. The lowest BCUT2D eigenvalue weighted by atomic mass is 9.97. The lowest BCUT2D eigenvalue weighted by Gasteiger charge is -2.38. The summed E-state index contributed by atoms with van der Waals surface area (Å²) in [5.74, 6) is 0.473. The molecule has 3 atom stereocenters. The van der Waals surface area contributed by atoms with Crippen molar-refractivity contribution in [1.82, 2.24) is 4.90 Å². The van der Waals surface area contributed by atoms with Crippen LogP contribution in [0.15, 0.2) is 16.8 Å². The van der Waals surface area contributed by atoms with Gasteiger partial charge in [0.2, 0.25) is 0 Å². The number of Topliss-reactive ketones (excluding diaryl/α,β-unsaturated/α-hetero) is 1. The smallest absolute Gasteiger partial charge is 0.136 e. The number of rotatable bonds is 2. The van der Waals surface area contributed by atoms with Crippen LogP contribution in [0.25, 0.3) is 0 Å². The number of thiophene rings is 1. The Balaban J connectivity index is 1.83. The second-order valence-corrected chi connectivity index (χ2v) is 5.79. The minimum Gasteiger partial charge on any atom is -0.300 e. The van der Waals surface area contributed by atoms with Crippen LogP contribution in [-0.2, 0) is 4.79 Å². The molecule has 0 aliphatic carbocycles. The number of fused-ring (bicyclic) bond motifs is 2. The fraction of sp³-hybridized carbons (Fsp3) is 0.615. The Morgan fingerprint density at radius 1 is 1.38 bits per heavy atom. The molecule has 0 aromatic carbocycles. The van der Waals surface area contributed by atoms with E-state index in [0.717, 1.165) is 12.8 Å². The predicted molar refractivity (Wildman–Crippen MR) is 65.6 cm³/mol. The van der Waals surface area contributed by atoms with Crippen molar-refractivity contribution >= 4 is 17.1 Å². The number of carbonyl (C=O) groups excluding carboxylic acids is 1. The molecular formula is C13H17NOS. The van der Waals surface area contributed by atoms with Crippen molar-refractivity contribution in [3.8, 4) is 0 Å². The van der Waals surface area contributed by atoms with Gasteiger partial charge < -0.3 is 0 Å². The zero-order valence-corrected chi connectivity index (χ0v) is 10.4. The van der Waals surface area contributed by atoms with Crippen molar-refractivity contribution in [3.05, 3.63) is 22.4 Å². The van der Waals surface area contributed by atoms with Gasteiger partial charge in [-0.25, -0.2) is 0 Å². The Morgan fingerprint density at radius 2 is 2.06 bits per heavy atom. The molecule has 1 aromatic heterocycles. The largest absolute Gasteiger partial charge is 0.300 e. The third-order valence-electron chi connectivity index (χ3n) is 4.08. The van der Waals surface area contributed by atoms with Crippen LogP contribution in [-0.4, -0.2) is 22.8 Å². The Kier molecular flexibility index (Phi) is 2.60. The Labute approximate surface area is 100 Å². The van der Waals surface area contributed by atoms with E-state index in [9.17, 15) is 4.79 Å². The molecule has 2 fully saturated rings. The van der Waals surface area contributed by atoms with Gasteiger partial charge in [0.05, 0.1) is 0 Å². The second kappa shape index (κ2) is 3.97. The number of hydrogen-bond donors (Lipinski definition) is 0. The number of hydrogen-bond acceptors (Lipinski definition) is 3. The van der Waals surface area contributed by atoms with Gasteiger partial charge in [-0.15, -0.1) is 0 Å². The summed E-state index contributed by atoms with van der Waals surface area (Å²) in [7, 11) is 0. The molecule has 1 aromatic rings. The van der Waals surface area contributed by atoms with Gasteiger partial charge in [0.1, 0.15) is 5.78 Å². The third kappa shape index (κ3) is 1.62. The summed E-state index contributed by atoms with van der Waals surface area (Å²) in [6, 6.07) is 3.73. The fourth-order valence-electron chi connectivity index (χ4n) is 3.32. The van der Waals surface area contributed by atoms with E-state index in [1.165, 1.54) is 18.4 Å². The predicted octanol–water partition coefficient (Wildman–Crippen LogP) is 3.01. The van der Waals surface area contributed by atoms with Crippen LogP contribution in [0.4, 0.5) is 0 Å². The van der Waals surface area contributed by atoms with Crippen LogP contribution in [0.3, 0.4) is 0 Å². The summed E-state index contributed by atoms with van der Waals surface area (Å²) in [4.78, 5) is 14.1. The highest BCUT2D eigenvalue weighted by atomic mass is 32.1. The minimum atomic E-state index is 0.473. The van der Waals surface area contributed by atoms with Crippen molar-refractivity contribution in [2.24, 2.45) is 0 Å². The summed E-state index contributed by atoms with van der Waals surface area (Å²) in [5.41, 5.74) is 1.41. The standard InChI is InChI=1S/C13H17NOS/c1-9(10-4-5-16-8-10)14-11-2-3-12(14)7-13(15)6-11/h4-5,8-9,11-12H,2-3,6-7H2,1H3. The molecule has 2 nitrogen and oxygen atoms in total. The van der Waals surface area contributed by atoms with Crippen LogP contribution in [0.1, 0.15) is 44.2 Å². The first-order valence-electron chi connectivity index (χ1n) is 6.07. The summed E-state index contributed by atoms with van der Waals surface area (Å²) < 4.78 is 0. The maximum atomic E-state index is 11.6. The number of carbonyl (C=O) groups is 1. The second-order valence-electron chi connectivity index (χ2n) is 5.01. The van der Waals surface area contributed by atoms with Gasteiger partial charge in [0.25, 0.3) is 0 Å². The van der Waals surface area contributed by atoms with Gasteiger partial charge in [0, 0.05) is 31.0 Å². The van der Waals surface area contributed by atoms with Crippen LogP contribution < -0.4 is 0 Å². The zero-order chi connectivity index (χ0) is 11.1. The van der Waals surface area contributed by atoms with E-state index in [2.05, 4.69) is 28.7 Å². The highest BCUT2D eigenvalue weighted by Gasteiger charge is 2.42. The van der Waals surface area contributed by atoms with Gasteiger partial charge in [-0.05, 0) is 42.2 Å². The number of nitrogens with zero attached hydrogens (tertiary/aromatic N) is 1. The monoisotopic (exact) mass is 235 g/mol. The van der Waals surface area contributed by atoms with Crippen LogP contribution >= 0.6 is 11.3 Å². The van der Waals surface area contributed by atoms with E-state index in [1.807, 2.05) is 0 Å². The highest BCUT2D eigenvalue weighted by Crippen LogP contribution is 2.40. The minimum absolute atomic E-state index is 0.473. The first-order valence-corrected chi connectivity index (χ1v) is 7.01. The average Bonchev–Trinajstić information content (AvgIpc) is 2.85. The summed E-state index contributed by atoms with van der Waals surface area (Å²) >= 11 is 1.76. The normalized spacial score (nSPS) is 31.9. The molecule has 3 rings (SSSR count). The molecule has 0 N–H and O–H groups in total. The highest BCUT2D eigenvalue weighted by molar-refractivity contribution is 7.07. The molecule has 2 bridgehead atoms. The van der Waals surface area contributed by atoms with E-state index in [4.69, 9.17) is 0 Å². The third-order valence-corrected chi connectivity index (χ3v) is 4.78. The van der Waals surface area contributed by atoms with Gasteiger partial charge >= 0.3 is 0 Å². The number of ketones is 1. The topological polar surface area (TPSA) is 20.3 Å². The first kappa shape index (κ1) is 10.5. The SMILES string of the molecule is CC(c1ccsc1)N1C2CCC1CC(=O)C2. The van der Waals surface area contributed by atoms with Crippen molar-refractivity contribution in [3.63, 3.8) is 0 Å². The molecule has 2 aliphatic rings. The summed E-state index contributed by atoms with van der Waals surface area (Å²) in [5, 5.41) is 4.38. The van der Waals surface area contributed by atoms with Gasteiger partial charge in [-0.2, -0.15) is 11.3 Å². The zero-order valence-electron chi connectivity index (χ0n) is 9.56. The molecule has 2 saturated heterocycles. The van der Waals surface area contributed by atoms with Crippen molar-refractivity contribution in [2.75, 3.05) is 0 Å². The molecule has 0 saturated carbocycles.